The van der Waals surface area contributed by atoms with E-state index < -0.39 is 23.8 Å². The molecule has 0 aliphatic carbocycles. The highest BCUT2D eigenvalue weighted by Gasteiger charge is 2.24. The van der Waals surface area contributed by atoms with E-state index in [9.17, 15) is 13.6 Å². The number of aromatic carboxylic acids is 1. The first kappa shape index (κ1) is 8.63. The molecular weight excluding hydrogens is 172 g/mol. The number of nitrogens with zero attached hydrogens (tertiary/aromatic N) is 1. The van der Waals surface area contributed by atoms with E-state index in [0.29, 0.717) is 0 Å². The van der Waals surface area contributed by atoms with Crippen LogP contribution in [-0.2, 0) is 0 Å². The minimum Gasteiger partial charge on any atom is -0.475 e. The summed E-state index contributed by atoms with van der Waals surface area (Å²) in [7, 11) is 0. The molecule has 0 atom stereocenters. The molecule has 0 spiro atoms. The molecule has 4 nitrogen and oxygen atoms in total. The second-order valence-corrected chi connectivity index (χ2v) is 2.05. The van der Waals surface area contributed by atoms with Crippen LogP contribution in [-0.4, -0.2) is 16.1 Å². The fourth-order valence-electron chi connectivity index (χ4n) is 0.744. The number of alkyl halides is 2. The first-order chi connectivity index (χ1) is 5.52. The van der Waals surface area contributed by atoms with Crippen LogP contribution in [0.4, 0.5) is 8.78 Å². The van der Waals surface area contributed by atoms with Crippen LogP contribution in [0.25, 0.3) is 0 Å². The molecule has 0 aliphatic rings. The van der Waals surface area contributed by atoms with Crippen molar-refractivity contribution in [2.24, 2.45) is 0 Å². The number of carboxylic acids is 1. The van der Waals surface area contributed by atoms with Crippen LogP contribution >= 0.6 is 0 Å². The first-order valence-electron chi connectivity index (χ1n) is 3.01. The minimum absolute atomic E-state index is 0.0808. The van der Waals surface area contributed by atoms with E-state index in [0.717, 1.165) is 0 Å². The number of hydrogen-bond donors (Lipinski definition) is 1. The van der Waals surface area contributed by atoms with E-state index in [-0.39, 0.29) is 5.89 Å². The zero-order valence-electron chi connectivity index (χ0n) is 6.04. The Balaban J connectivity index is 3.17. The van der Waals surface area contributed by atoms with E-state index in [1.807, 2.05) is 0 Å². The van der Waals surface area contributed by atoms with Crippen molar-refractivity contribution in [3.05, 3.63) is 17.3 Å². The topological polar surface area (TPSA) is 63.3 Å². The van der Waals surface area contributed by atoms with Crippen molar-refractivity contribution in [2.75, 3.05) is 0 Å². The van der Waals surface area contributed by atoms with Crippen molar-refractivity contribution in [3.8, 4) is 0 Å². The molecule has 0 fully saturated rings. The van der Waals surface area contributed by atoms with Crippen molar-refractivity contribution in [2.45, 2.75) is 13.3 Å². The number of halogens is 2. The van der Waals surface area contributed by atoms with Gasteiger partial charge in [-0.25, -0.2) is 18.6 Å². The average molecular weight is 177 g/mol. The van der Waals surface area contributed by atoms with Crippen molar-refractivity contribution in [1.82, 2.24) is 4.98 Å². The zero-order valence-corrected chi connectivity index (χ0v) is 6.04. The van der Waals surface area contributed by atoms with Crippen molar-refractivity contribution >= 4 is 5.97 Å². The van der Waals surface area contributed by atoms with Gasteiger partial charge in [-0.2, -0.15) is 0 Å². The molecule has 6 heteroatoms. The summed E-state index contributed by atoms with van der Waals surface area (Å²) in [5.74, 6) is -2.41. The minimum atomic E-state index is -2.92. The fraction of sp³-hybridized carbons (Fsp3) is 0.333. The summed E-state index contributed by atoms with van der Waals surface area (Å²) < 4.78 is 28.5. The molecule has 12 heavy (non-hydrogen) atoms. The Kier molecular flexibility index (Phi) is 2.07. The predicted molar refractivity (Wildman–Crippen MR) is 33.2 cm³/mol. The van der Waals surface area contributed by atoms with Gasteiger partial charge in [0.15, 0.2) is 11.6 Å². The molecule has 1 N–H and O–H groups in total. The molecule has 1 heterocycles. The standard InChI is InChI=1S/C6H5F2NO3/c1-2-9-3(5(7)8)4(12-2)6(10)11/h5H,1H3,(H,10,11). The second kappa shape index (κ2) is 2.88. The Morgan fingerprint density at radius 1 is 1.67 bits per heavy atom. The monoisotopic (exact) mass is 177 g/mol. The van der Waals surface area contributed by atoms with Crippen LogP contribution in [0.5, 0.6) is 0 Å². The molecule has 0 saturated carbocycles. The molecule has 66 valence electrons. The Bertz CT molecular complexity index is 308. The summed E-state index contributed by atoms with van der Waals surface area (Å²) in [6, 6.07) is 0. The van der Waals surface area contributed by atoms with Crippen molar-refractivity contribution in [1.29, 1.82) is 0 Å². The molecule has 1 rings (SSSR count). The van der Waals surface area contributed by atoms with Gasteiger partial charge in [-0.3, -0.25) is 0 Å². The Morgan fingerprint density at radius 2 is 2.25 bits per heavy atom. The lowest BCUT2D eigenvalue weighted by Crippen LogP contribution is -1.99. The van der Waals surface area contributed by atoms with Gasteiger partial charge in [-0.15, -0.1) is 0 Å². The Morgan fingerprint density at radius 3 is 2.58 bits per heavy atom. The number of hydrogen-bond acceptors (Lipinski definition) is 3. The lowest BCUT2D eigenvalue weighted by molar-refractivity contribution is 0.0644. The fourth-order valence-corrected chi connectivity index (χ4v) is 0.744. The molecule has 0 radical (unpaired) electrons. The summed E-state index contributed by atoms with van der Waals surface area (Å²) in [5.41, 5.74) is -0.819. The van der Waals surface area contributed by atoms with Gasteiger partial charge in [0.2, 0.25) is 5.76 Å². The summed E-state index contributed by atoms with van der Waals surface area (Å²) in [6.07, 6.45) is -2.92. The zero-order chi connectivity index (χ0) is 9.30. The van der Waals surface area contributed by atoms with E-state index in [4.69, 9.17) is 5.11 Å². The van der Waals surface area contributed by atoms with Gasteiger partial charge in [0, 0.05) is 6.92 Å². The van der Waals surface area contributed by atoms with Gasteiger partial charge < -0.3 is 9.52 Å². The SMILES string of the molecule is Cc1nc(C(F)F)c(C(=O)O)o1. The number of rotatable bonds is 2. The quantitative estimate of drug-likeness (QED) is 0.745. The number of carbonyl (C=O) groups is 1. The molecule has 0 aromatic carbocycles. The molecule has 0 aliphatic heterocycles. The number of oxazole rings is 1. The summed E-state index contributed by atoms with van der Waals surface area (Å²) >= 11 is 0. The van der Waals surface area contributed by atoms with Crippen molar-refractivity contribution in [3.63, 3.8) is 0 Å². The highest BCUT2D eigenvalue weighted by atomic mass is 19.3. The lowest BCUT2D eigenvalue weighted by atomic mass is 10.3. The predicted octanol–water partition coefficient (Wildman–Crippen LogP) is 1.62. The van der Waals surface area contributed by atoms with Crippen LogP contribution in [0.15, 0.2) is 4.42 Å². The summed E-state index contributed by atoms with van der Waals surface area (Å²) in [5, 5.41) is 8.36. The van der Waals surface area contributed by atoms with Crippen LogP contribution in [0.2, 0.25) is 0 Å². The van der Waals surface area contributed by atoms with Crippen LogP contribution < -0.4 is 0 Å². The third-order valence-corrected chi connectivity index (χ3v) is 1.16. The number of aryl methyl sites for hydroxylation is 1. The number of carboxylic acid groups (broad SMARTS) is 1. The van der Waals surface area contributed by atoms with E-state index in [1.165, 1.54) is 6.92 Å². The maximum absolute atomic E-state index is 12.0. The molecule has 0 amide bonds. The average Bonchev–Trinajstić information content (AvgIpc) is 2.31. The lowest BCUT2D eigenvalue weighted by Gasteiger charge is -1.91. The molecule has 0 saturated heterocycles. The van der Waals surface area contributed by atoms with Gasteiger partial charge in [-0.05, 0) is 0 Å². The smallest absolute Gasteiger partial charge is 0.374 e. The maximum atomic E-state index is 12.0. The first-order valence-corrected chi connectivity index (χ1v) is 3.01. The van der Waals surface area contributed by atoms with Crippen LogP contribution in [0, 0.1) is 6.92 Å². The van der Waals surface area contributed by atoms with Gasteiger partial charge >= 0.3 is 5.97 Å². The highest BCUT2D eigenvalue weighted by molar-refractivity contribution is 5.85. The Labute approximate surface area is 65.8 Å². The molecule has 1 aromatic heterocycles. The van der Waals surface area contributed by atoms with E-state index in [1.54, 1.807) is 0 Å². The molecule has 0 bridgehead atoms. The third kappa shape index (κ3) is 1.41. The normalized spacial score (nSPS) is 10.7. The molecule has 0 unspecified atom stereocenters. The molecular formula is C6H5F2NO3. The summed E-state index contributed by atoms with van der Waals surface area (Å²) in [4.78, 5) is 13.5. The highest BCUT2D eigenvalue weighted by Crippen LogP contribution is 2.22. The Hall–Kier alpha value is -1.46. The van der Waals surface area contributed by atoms with E-state index in [2.05, 4.69) is 9.40 Å². The van der Waals surface area contributed by atoms with Gasteiger partial charge in [0.25, 0.3) is 6.43 Å². The van der Waals surface area contributed by atoms with Crippen molar-refractivity contribution < 1.29 is 23.1 Å². The van der Waals surface area contributed by atoms with Crippen LogP contribution in [0.3, 0.4) is 0 Å². The molecule has 1 aromatic rings. The second-order valence-electron chi connectivity index (χ2n) is 2.05. The van der Waals surface area contributed by atoms with Gasteiger partial charge in [0.05, 0.1) is 0 Å². The van der Waals surface area contributed by atoms with Gasteiger partial charge in [-0.1, -0.05) is 0 Å². The third-order valence-electron chi connectivity index (χ3n) is 1.16. The number of aromatic nitrogens is 1. The maximum Gasteiger partial charge on any atom is 0.374 e. The van der Waals surface area contributed by atoms with Crippen LogP contribution in [0.1, 0.15) is 28.6 Å². The van der Waals surface area contributed by atoms with Gasteiger partial charge in [0.1, 0.15) is 0 Å². The van der Waals surface area contributed by atoms with E-state index >= 15 is 0 Å². The largest absolute Gasteiger partial charge is 0.475 e. The summed E-state index contributed by atoms with van der Waals surface area (Å²) in [6.45, 7) is 1.30.